The van der Waals surface area contributed by atoms with Gasteiger partial charge in [-0.2, -0.15) is 0 Å². The first-order chi connectivity index (χ1) is 17.0. The molecule has 0 radical (unpaired) electrons. The number of nitrogens with zero attached hydrogens (tertiary/aromatic N) is 1. The SMILES string of the molecule is C/C=C/CCCOCCOCCOCCNc1cccc2c1C(=O)N(C1CCC(=O)NC1=O)C2=O. The monoisotopic (exact) mass is 487 g/mol. The molecule has 4 amide bonds. The van der Waals surface area contributed by atoms with E-state index in [0.29, 0.717) is 45.3 Å². The summed E-state index contributed by atoms with van der Waals surface area (Å²) in [4.78, 5) is 50.5. The lowest BCUT2D eigenvalue weighted by atomic mass is 10.0. The Morgan fingerprint density at radius 2 is 1.71 bits per heavy atom. The zero-order valence-electron chi connectivity index (χ0n) is 20.0. The van der Waals surface area contributed by atoms with E-state index in [1.807, 2.05) is 13.0 Å². The van der Waals surface area contributed by atoms with Crippen LogP contribution in [0.15, 0.2) is 30.4 Å². The predicted molar refractivity (Wildman–Crippen MR) is 128 cm³/mol. The summed E-state index contributed by atoms with van der Waals surface area (Å²) in [6.45, 7) is 5.48. The number of hydrogen-bond acceptors (Lipinski definition) is 8. The number of anilines is 1. The first-order valence-electron chi connectivity index (χ1n) is 12.0. The van der Waals surface area contributed by atoms with Crippen LogP contribution in [0.25, 0.3) is 0 Å². The molecule has 2 heterocycles. The number of nitrogens with one attached hydrogen (secondary N) is 2. The van der Waals surface area contributed by atoms with Crippen LogP contribution in [0.4, 0.5) is 5.69 Å². The first-order valence-corrected chi connectivity index (χ1v) is 12.0. The highest BCUT2D eigenvalue weighted by Crippen LogP contribution is 2.32. The Balaban J connectivity index is 1.36. The molecule has 1 atom stereocenters. The minimum Gasteiger partial charge on any atom is -0.382 e. The number of carbonyl (C=O) groups is 4. The maximum Gasteiger partial charge on any atom is 0.264 e. The first kappa shape index (κ1) is 26.5. The average Bonchev–Trinajstić information content (AvgIpc) is 3.10. The number of piperidine rings is 1. The fourth-order valence-electron chi connectivity index (χ4n) is 3.93. The van der Waals surface area contributed by atoms with Crippen LogP contribution in [0.5, 0.6) is 0 Å². The zero-order valence-corrected chi connectivity index (χ0v) is 20.0. The Morgan fingerprint density at radius 1 is 1.00 bits per heavy atom. The molecule has 2 aliphatic rings. The van der Waals surface area contributed by atoms with Crippen molar-refractivity contribution in [3.05, 3.63) is 41.5 Å². The normalized spacial score (nSPS) is 17.9. The number of fused-ring (bicyclic) bond motifs is 1. The smallest absolute Gasteiger partial charge is 0.264 e. The van der Waals surface area contributed by atoms with E-state index < -0.39 is 29.7 Å². The van der Waals surface area contributed by atoms with E-state index in [9.17, 15) is 19.2 Å². The second-order valence-electron chi connectivity index (χ2n) is 8.15. The maximum absolute atomic E-state index is 13.0. The molecule has 2 aliphatic heterocycles. The van der Waals surface area contributed by atoms with Crippen molar-refractivity contribution < 1.29 is 33.4 Å². The molecule has 35 heavy (non-hydrogen) atoms. The Hall–Kier alpha value is -3.08. The number of unbranched alkanes of at least 4 members (excludes halogenated alkanes) is 1. The highest BCUT2D eigenvalue weighted by Gasteiger charge is 2.45. The van der Waals surface area contributed by atoms with E-state index in [0.717, 1.165) is 24.3 Å². The largest absolute Gasteiger partial charge is 0.382 e. The maximum atomic E-state index is 13.0. The fraction of sp³-hybridized carbons (Fsp3) is 0.520. The van der Waals surface area contributed by atoms with Crippen molar-refractivity contribution in [2.24, 2.45) is 0 Å². The van der Waals surface area contributed by atoms with Gasteiger partial charge in [-0.25, -0.2) is 0 Å². The third kappa shape index (κ3) is 7.20. The van der Waals surface area contributed by atoms with Gasteiger partial charge in [-0.05, 0) is 38.3 Å². The van der Waals surface area contributed by atoms with E-state index in [1.54, 1.807) is 18.2 Å². The number of ether oxygens (including phenoxy) is 3. The van der Waals surface area contributed by atoms with Crippen molar-refractivity contribution in [2.45, 2.75) is 38.6 Å². The third-order valence-electron chi connectivity index (χ3n) is 5.67. The molecule has 1 aromatic carbocycles. The van der Waals surface area contributed by atoms with Crippen molar-refractivity contribution in [3.63, 3.8) is 0 Å². The Kier molecular flexibility index (Phi) is 10.4. The molecule has 1 fully saturated rings. The van der Waals surface area contributed by atoms with Crippen molar-refractivity contribution in [1.82, 2.24) is 10.2 Å². The molecule has 1 aromatic rings. The molecule has 10 heteroatoms. The van der Waals surface area contributed by atoms with Crippen LogP contribution in [0.2, 0.25) is 0 Å². The van der Waals surface area contributed by atoms with Gasteiger partial charge in [0.15, 0.2) is 0 Å². The van der Waals surface area contributed by atoms with Gasteiger partial charge in [0.05, 0.1) is 44.2 Å². The van der Waals surface area contributed by atoms with Crippen LogP contribution < -0.4 is 10.6 Å². The van der Waals surface area contributed by atoms with E-state index in [4.69, 9.17) is 14.2 Å². The Bertz CT molecular complexity index is 947. The van der Waals surface area contributed by atoms with Crippen molar-refractivity contribution in [3.8, 4) is 0 Å². The molecule has 3 rings (SSSR count). The van der Waals surface area contributed by atoms with Crippen molar-refractivity contribution >= 4 is 29.3 Å². The fourth-order valence-corrected chi connectivity index (χ4v) is 3.93. The number of amides is 4. The topological polar surface area (TPSA) is 123 Å². The summed E-state index contributed by atoms with van der Waals surface area (Å²) < 4.78 is 16.5. The molecular weight excluding hydrogens is 454 g/mol. The van der Waals surface area contributed by atoms with Crippen molar-refractivity contribution in [2.75, 3.05) is 51.5 Å². The predicted octanol–water partition coefficient (Wildman–Crippen LogP) is 1.91. The number of benzene rings is 1. The summed E-state index contributed by atoms with van der Waals surface area (Å²) in [6, 6.07) is 3.96. The molecule has 1 unspecified atom stereocenters. The van der Waals surface area contributed by atoms with Gasteiger partial charge in [0.25, 0.3) is 11.8 Å². The van der Waals surface area contributed by atoms with Crippen LogP contribution in [0, 0.1) is 0 Å². The second kappa shape index (κ2) is 13.7. The molecule has 190 valence electrons. The Labute approximate surface area is 205 Å². The minimum absolute atomic E-state index is 0.0832. The van der Waals surface area contributed by atoms with E-state index >= 15 is 0 Å². The zero-order chi connectivity index (χ0) is 25.0. The summed E-state index contributed by atoms with van der Waals surface area (Å²) in [5, 5.41) is 5.33. The van der Waals surface area contributed by atoms with E-state index in [2.05, 4.69) is 16.7 Å². The van der Waals surface area contributed by atoms with Gasteiger partial charge in [0, 0.05) is 25.3 Å². The number of hydrogen-bond donors (Lipinski definition) is 2. The van der Waals surface area contributed by atoms with Crippen LogP contribution in [-0.4, -0.2) is 80.8 Å². The quantitative estimate of drug-likeness (QED) is 0.218. The summed E-state index contributed by atoms with van der Waals surface area (Å²) >= 11 is 0. The summed E-state index contributed by atoms with van der Waals surface area (Å²) in [5.41, 5.74) is 0.974. The standard InChI is InChI=1S/C25H33N3O7/c1-2-3-4-5-12-33-14-16-35-17-15-34-13-11-26-19-8-6-7-18-22(19)25(32)28(24(18)31)20-9-10-21(29)27-23(20)30/h2-3,6-8,20,26H,4-5,9-17H2,1H3,(H,27,29,30)/b3-2+. The van der Waals surface area contributed by atoms with Crippen LogP contribution in [-0.2, 0) is 23.8 Å². The molecule has 0 saturated carbocycles. The lowest BCUT2D eigenvalue weighted by Crippen LogP contribution is -2.54. The molecule has 0 bridgehead atoms. The van der Waals surface area contributed by atoms with Gasteiger partial charge in [0.1, 0.15) is 6.04 Å². The average molecular weight is 488 g/mol. The molecule has 0 aliphatic carbocycles. The molecule has 0 spiro atoms. The van der Waals surface area contributed by atoms with Crippen LogP contribution in [0.3, 0.4) is 0 Å². The number of allylic oxidation sites excluding steroid dienone is 2. The van der Waals surface area contributed by atoms with E-state index in [-0.39, 0.29) is 24.0 Å². The lowest BCUT2D eigenvalue weighted by molar-refractivity contribution is -0.136. The second-order valence-corrected chi connectivity index (χ2v) is 8.15. The lowest BCUT2D eigenvalue weighted by Gasteiger charge is -2.27. The minimum atomic E-state index is -0.986. The van der Waals surface area contributed by atoms with Gasteiger partial charge in [-0.15, -0.1) is 0 Å². The van der Waals surface area contributed by atoms with Crippen molar-refractivity contribution in [1.29, 1.82) is 0 Å². The molecule has 0 aromatic heterocycles. The molecule has 2 N–H and O–H groups in total. The number of carbonyl (C=O) groups excluding carboxylic acids is 4. The summed E-state index contributed by atoms with van der Waals surface area (Å²) in [5.74, 6) is -2.10. The highest BCUT2D eigenvalue weighted by molar-refractivity contribution is 6.25. The van der Waals surface area contributed by atoms with Gasteiger partial charge in [-0.3, -0.25) is 29.4 Å². The van der Waals surface area contributed by atoms with Crippen LogP contribution >= 0.6 is 0 Å². The molecule has 10 nitrogen and oxygen atoms in total. The third-order valence-corrected chi connectivity index (χ3v) is 5.67. The van der Waals surface area contributed by atoms with Gasteiger partial charge in [-0.1, -0.05) is 18.2 Å². The highest BCUT2D eigenvalue weighted by atomic mass is 16.5. The van der Waals surface area contributed by atoms with E-state index in [1.165, 1.54) is 0 Å². The Morgan fingerprint density at radius 3 is 2.43 bits per heavy atom. The van der Waals surface area contributed by atoms with Gasteiger partial charge in [0.2, 0.25) is 11.8 Å². The summed E-state index contributed by atoms with van der Waals surface area (Å²) in [7, 11) is 0. The van der Waals surface area contributed by atoms with Crippen LogP contribution in [0.1, 0.15) is 53.3 Å². The van der Waals surface area contributed by atoms with Gasteiger partial charge >= 0.3 is 0 Å². The van der Waals surface area contributed by atoms with Gasteiger partial charge < -0.3 is 19.5 Å². The number of imide groups is 2. The number of rotatable bonds is 15. The summed E-state index contributed by atoms with van der Waals surface area (Å²) in [6.07, 6.45) is 6.37. The molecular formula is C25H33N3O7. The molecule has 1 saturated heterocycles.